The number of guanidine groups is 1. The SMILES string of the molecule is CCNC(=NCCN1CCCCC1)NCCc1nc(C)c(C)s1.I. The number of hydrogen-bond donors (Lipinski definition) is 2. The second-order valence-electron chi connectivity index (χ2n) is 6.09. The second-order valence-corrected chi connectivity index (χ2v) is 7.38. The first kappa shape index (κ1) is 21.6. The molecule has 0 amide bonds. The van der Waals surface area contributed by atoms with Crippen molar-refractivity contribution in [2.45, 2.75) is 46.5 Å². The molecule has 0 spiro atoms. The molecule has 24 heavy (non-hydrogen) atoms. The predicted octanol–water partition coefficient (Wildman–Crippen LogP) is 2.96. The van der Waals surface area contributed by atoms with Crippen molar-refractivity contribution >= 4 is 41.3 Å². The fraction of sp³-hybridized carbons (Fsp3) is 0.765. The number of likely N-dealkylation sites (tertiary alicyclic amines) is 1. The van der Waals surface area contributed by atoms with Crippen LogP contribution in [0.2, 0.25) is 0 Å². The van der Waals surface area contributed by atoms with Gasteiger partial charge in [0.2, 0.25) is 0 Å². The van der Waals surface area contributed by atoms with Crippen LogP contribution in [0.25, 0.3) is 0 Å². The average Bonchev–Trinajstić information content (AvgIpc) is 2.86. The van der Waals surface area contributed by atoms with E-state index < -0.39 is 0 Å². The highest BCUT2D eigenvalue weighted by atomic mass is 127. The second kappa shape index (κ2) is 12.0. The molecule has 2 N–H and O–H groups in total. The molecule has 138 valence electrons. The molecule has 0 saturated carbocycles. The third-order valence-corrected chi connectivity index (χ3v) is 5.32. The van der Waals surface area contributed by atoms with Crippen LogP contribution in [0.4, 0.5) is 0 Å². The molecule has 1 fully saturated rings. The molecule has 0 aromatic carbocycles. The number of hydrogen-bond acceptors (Lipinski definition) is 4. The molecule has 0 bridgehead atoms. The van der Waals surface area contributed by atoms with Crippen LogP contribution in [0.3, 0.4) is 0 Å². The van der Waals surface area contributed by atoms with Gasteiger partial charge < -0.3 is 15.5 Å². The van der Waals surface area contributed by atoms with Gasteiger partial charge in [-0.2, -0.15) is 0 Å². The Morgan fingerprint density at radius 2 is 1.96 bits per heavy atom. The number of aryl methyl sites for hydroxylation is 2. The highest BCUT2D eigenvalue weighted by Crippen LogP contribution is 2.16. The summed E-state index contributed by atoms with van der Waals surface area (Å²) < 4.78 is 0. The Morgan fingerprint density at radius 3 is 2.58 bits per heavy atom. The standard InChI is InChI=1S/C17H31N5S.HI/c1-4-18-17(20-10-13-22-11-6-5-7-12-22)19-9-8-16-21-14(2)15(3)23-16;/h4-13H2,1-3H3,(H2,18,19,20);1H. The number of thiazole rings is 1. The van der Waals surface area contributed by atoms with Gasteiger partial charge in [-0.25, -0.2) is 4.98 Å². The van der Waals surface area contributed by atoms with Crippen LogP contribution < -0.4 is 10.6 Å². The quantitative estimate of drug-likeness (QED) is 0.370. The monoisotopic (exact) mass is 465 g/mol. The smallest absolute Gasteiger partial charge is 0.191 e. The third-order valence-electron chi connectivity index (χ3n) is 4.18. The fourth-order valence-corrected chi connectivity index (χ4v) is 3.70. The van der Waals surface area contributed by atoms with Gasteiger partial charge in [0.1, 0.15) is 0 Å². The highest BCUT2D eigenvalue weighted by Gasteiger charge is 2.09. The molecule has 2 rings (SSSR count). The molecule has 1 aliphatic heterocycles. The van der Waals surface area contributed by atoms with E-state index in [0.717, 1.165) is 44.3 Å². The Labute approximate surface area is 167 Å². The number of nitrogens with one attached hydrogen (secondary N) is 2. The maximum Gasteiger partial charge on any atom is 0.191 e. The first-order chi connectivity index (χ1) is 11.2. The lowest BCUT2D eigenvalue weighted by Crippen LogP contribution is -2.39. The van der Waals surface area contributed by atoms with Crippen LogP contribution in [0, 0.1) is 13.8 Å². The van der Waals surface area contributed by atoms with Gasteiger partial charge >= 0.3 is 0 Å². The Kier molecular flexibility index (Phi) is 10.8. The summed E-state index contributed by atoms with van der Waals surface area (Å²) in [7, 11) is 0. The van der Waals surface area contributed by atoms with E-state index in [1.807, 2.05) is 0 Å². The summed E-state index contributed by atoms with van der Waals surface area (Å²) in [5.74, 6) is 0.925. The minimum Gasteiger partial charge on any atom is -0.357 e. The molecule has 1 aliphatic rings. The fourth-order valence-electron chi connectivity index (χ4n) is 2.76. The van der Waals surface area contributed by atoms with Crippen molar-refractivity contribution in [1.29, 1.82) is 0 Å². The number of nitrogens with zero attached hydrogens (tertiary/aromatic N) is 3. The summed E-state index contributed by atoms with van der Waals surface area (Å²) in [6.45, 7) is 12.5. The number of piperidine rings is 1. The van der Waals surface area contributed by atoms with Crippen LogP contribution in [-0.4, -0.2) is 55.1 Å². The molecular formula is C17H32IN5S. The molecule has 0 aliphatic carbocycles. The number of aliphatic imine (C=N–C) groups is 1. The minimum atomic E-state index is 0. The van der Waals surface area contributed by atoms with E-state index in [4.69, 9.17) is 4.99 Å². The van der Waals surface area contributed by atoms with E-state index in [0.29, 0.717) is 0 Å². The Hall–Kier alpha value is -0.410. The first-order valence-electron chi connectivity index (χ1n) is 8.86. The average molecular weight is 465 g/mol. The zero-order valence-electron chi connectivity index (χ0n) is 15.2. The normalized spacial score (nSPS) is 15.9. The van der Waals surface area contributed by atoms with Crippen molar-refractivity contribution in [2.24, 2.45) is 4.99 Å². The first-order valence-corrected chi connectivity index (χ1v) is 9.68. The summed E-state index contributed by atoms with van der Waals surface area (Å²) in [6, 6.07) is 0. The van der Waals surface area contributed by atoms with Gasteiger partial charge in [0.15, 0.2) is 5.96 Å². The van der Waals surface area contributed by atoms with Crippen molar-refractivity contribution in [3.05, 3.63) is 15.6 Å². The van der Waals surface area contributed by atoms with E-state index in [9.17, 15) is 0 Å². The van der Waals surface area contributed by atoms with Gasteiger partial charge in [0, 0.05) is 30.9 Å². The van der Waals surface area contributed by atoms with Crippen LogP contribution in [0.1, 0.15) is 41.8 Å². The number of halogens is 1. The molecule has 5 nitrogen and oxygen atoms in total. The van der Waals surface area contributed by atoms with Crippen molar-refractivity contribution in [2.75, 3.05) is 39.3 Å². The molecule has 7 heteroatoms. The van der Waals surface area contributed by atoms with E-state index in [-0.39, 0.29) is 24.0 Å². The number of rotatable bonds is 7. The van der Waals surface area contributed by atoms with Crippen LogP contribution >= 0.6 is 35.3 Å². The lowest BCUT2D eigenvalue weighted by atomic mass is 10.1. The largest absolute Gasteiger partial charge is 0.357 e. The van der Waals surface area contributed by atoms with Crippen molar-refractivity contribution in [1.82, 2.24) is 20.5 Å². The van der Waals surface area contributed by atoms with Gasteiger partial charge in [0.25, 0.3) is 0 Å². The summed E-state index contributed by atoms with van der Waals surface area (Å²) in [5, 5.41) is 7.95. The van der Waals surface area contributed by atoms with Gasteiger partial charge in [-0.15, -0.1) is 35.3 Å². The summed E-state index contributed by atoms with van der Waals surface area (Å²) in [4.78, 5) is 13.1. The summed E-state index contributed by atoms with van der Waals surface area (Å²) >= 11 is 1.80. The van der Waals surface area contributed by atoms with Crippen molar-refractivity contribution in [3.8, 4) is 0 Å². The Bertz CT molecular complexity index is 478. The van der Waals surface area contributed by atoms with Crippen molar-refractivity contribution < 1.29 is 0 Å². The lowest BCUT2D eigenvalue weighted by molar-refractivity contribution is 0.235. The predicted molar refractivity (Wildman–Crippen MR) is 115 cm³/mol. The highest BCUT2D eigenvalue weighted by molar-refractivity contribution is 14.0. The molecule has 0 atom stereocenters. The maximum absolute atomic E-state index is 4.70. The molecule has 0 radical (unpaired) electrons. The zero-order valence-corrected chi connectivity index (χ0v) is 18.4. The van der Waals surface area contributed by atoms with E-state index in [2.05, 4.69) is 41.3 Å². The van der Waals surface area contributed by atoms with Gasteiger partial charge in [-0.3, -0.25) is 4.99 Å². The Balaban J connectivity index is 0.00000288. The molecule has 1 saturated heterocycles. The van der Waals surface area contributed by atoms with Gasteiger partial charge in [0.05, 0.1) is 17.2 Å². The molecule has 2 heterocycles. The van der Waals surface area contributed by atoms with Crippen molar-refractivity contribution in [3.63, 3.8) is 0 Å². The lowest BCUT2D eigenvalue weighted by Gasteiger charge is -2.25. The van der Waals surface area contributed by atoms with E-state index in [1.54, 1.807) is 11.3 Å². The van der Waals surface area contributed by atoms with Gasteiger partial charge in [-0.05, 0) is 46.7 Å². The van der Waals surface area contributed by atoms with Crippen LogP contribution in [-0.2, 0) is 6.42 Å². The Morgan fingerprint density at radius 1 is 1.21 bits per heavy atom. The third kappa shape index (κ3) is 7.65. The van der Waals surface area contributed by atoms with Crippen LogP contribution in [0.5, 0.6) is 0 Å². The number of aromatic nitrogens is 1. The molecule has 1 aromatic rings. The minimum absolute atomic E-state index is 0. The van der Waals surface area contributed by atoms with E-state index >= 15 is 0 Å². The van der Waals surface area contributed by atoms with E-state index in [1.165, 1.54) is 42.2 Å². The topological polar surface area (TPSA) is 52.6 Å². The van der Waals surface area contributed by atoms with Crippen LogP contribution in [0.15, 0.2) is 4.99 Å². The molecule has 0 unspecified atom stereocenters. The molecule has 1 aromatic heterocycles. The molecular weight excluding hydrogens is 433 g/mol. The zero-order chi connectivity index (χ0) is 16.5. The maximum atomic E-state index is 4.70. The van der Waals surface area contributed by atoms with Gasteiger partial charge in [-0.1, -0.05) is 6.42 Å². The summed E-state index contributed by atoms with van der Waals surface area (Å²) in [5.41, 5.74) is 1.16. The summed E-state index contributed by atoms with van der Waals surface area (Å²) in [6.07, 6.45) is 5.03.